The Bertz CT molecular complexity index is 250. The molecule has 0 aliphatic rings. The summed E-state index contributed by atoms with van der Waals surface area (Å²) >= 11 is 0. The smallest absolute Gasteiger partial charge is 0.320 e. The van der Waals surface area contributed by atoms with Crippen LogP contribution in [0.15, 0.2) is 17.2 Å². The van der Waals surface area contributed by atoms with Crippen molar-refractivity contribution in [3.8, 4) is 0 Å². The van der Waals surface area contributed by atoms with Crippen molar-refractivity contribution in [1.29, 1.82) is 0 Å². The Kier molecular flexibility index (Phi) is 2.92. The average Bonchev–Trinajstić information content (AvgIpc) is 2.37. The topological polar surface area (TPSA) is 49.8 Å². The van der Waals surface area contributed by atoms with Gasteiger partial charge in [0, 0.05) is 18.9 Å². The van der Waals surface area contributed by atoms with Gasteiger partial charge in [-0.2, -0.15) is 0 Å². The maximum Gasteiger partial charge on any atom is 0.325 e. The number of nitrogens with zero attached hydrogens (tertiary/aromatic N) is 1. The summed E-state index contributed by atoms with van der Waals surface area (Å²) in [7, 11) is 1.90. The molecule has 0 bridgehead atoms. The Morgan fingerprint density at radius 1 is 1.73 bits per heavy atom. The van der Waals surface area contributed by atoms with Crippen molar-refractivity contribution in [3.05, 3.63) is 22.9 Å². The molecular formula is C7H13N3O. The van der Waals surface area contributed by atoms with E-state index in [2.05, 4.69) is 10.3 Å². The zero-order valence-electron chi connectivity index (χ0n) is 6.63. The second kappa shape index (κ2) is 3.98. The number of H-pyrrole nitrogens is 1. The van der Waals surface area contributed by atoms with E-state index in [1.165, 1.54) is 0 Å². The number of aryl methyl sites for hydroxylation is 1. The van der Waals surface area contributed by atoms with E-state index in [-0.39, 0.29) is 5.69 Å². The second-order valence-corrected chi connectivity index (χ2v) is 2.42. The van der Waals surface area contributed by atoms with Gasteiger partial charge in [-0.1, -0.05) is 0 Å². The number of aromatic nitrogens is 2. The highest BCUT2D eigenvalue weighted by Gasteiger charge is 1.92. The lowest BCUT2D eigenvalue weighted by molar-refractivity contribution is 0.599. The van der Waals surface area contributed by atoms with Crippen molar-refractivity contribution in [2.24, 2.45) is 0 Å². The Hall–Kier alpha value is -1.03. The summed E-state index contributed by atoms with van der Waals surface area (Å²) in [5, 5.41) is 3.02. The predicted octanol–water partition coefficient (Wildman–Crippen LogP) is -0.214. The molecule has 0 aliphatic heterocycles. The molecular weight excluding hydrogens is 142 g/mol. The van der Waals surface area contributed by atoms with Crippen LogP contribution >= 0.6 is 0 Å². The minimum Gasteiger partial charge on any atom is -0.320 e. The zero-order chi connectivity index (χ0) is 8.10. The molecule has 0 atom stereocenters. The predicted molar refractivity (Wildman–Crippen MR) is 43.6 cm³/mol. The summed E-state index contributed by atoms with van der Waals surface area (Å²) in [6.07, 6.45) is 4.40. The van der Waals surface area contributed by atoms with Crippen molar-refractivity contribution < 1.29 is 0 Å². The third-order valence-electron chi connectivity index (χ3n) is 1.55. The summed E-state index contributed by atoms with van der Waals surface area (Å²) in [6.45, 7) is 1.72. The van der Waals surface area contributed by atoms with E-state index < -0.39 is 0 Å². The molecule has 1 aromatic rings. The third-order valence-corrected chi connectivity index (χ3v) is 1.55. The zero-order valence-corrected chi connectivity index (χ0v) is 6.63. The summed E-state index contributed by atoms with van der Waals surface area (Å²) in [5.74, 6) is 0. The highest BCUT2D eigenvalue weighted by atomic mass is 16.1. The van der Waals surface area contributed by atoms with Gasteiger partial charge in [-0.3, -0.25) is 4.57 Å². The number of hydrogen-bond donors (Lipinski definition) is 2. The summed E-state index contributed by atoms with van der Waals surface area (Å²) in [6, 6.07) is 0. The van der Waals surface area contributed by atoms with E-state index in [4.69, 9.17) is 0 Å². The van der Waals surface area contributed by atoms with E-state index in [0.29, 0.717) is 0 Å². The molecule has 1 rings (SSSR count). The largest absolute Gasteiger partial charge is 0.325 e. The molecule has 0 unspecified atom stereocenters. The molecule has 0 radical (unpaired) electrons. The number of aromatic amines is 1. The van der Waals surface area contributed by atoms with Crippen molar-refractivity contribution in [2.45, 2.75) is 13.0 Å². The van der Waals surface area contributed by atoms with Crippen LogP contribution in [0.2, 0.25) is 0 Å². The first-order valence-corrected chi connectivity index (χ1v) is 3.73. The summed E-state index contributed by atoms with van der Waals surface area (Å²) in [5.41, 5.74) is -0.0268. The van der Waals surface area contributed by atoms with Gasteiger partial charge >= 0.3 is 5.69 Å². The fourth-order valence-corrected chi connectivity index (χ4v) is 0.951. The summed E-state index contributed by atoms with van der Waals surface area (Å²) < 4.78 is 1.66. The normalized spacial score (nSPS) is 10.3. The molecule has 0 saturated heterocycles. The van der Waals surface area contributed by atoms with Crippen LogP contribution in [0, 0.1) is 0 Å². The summed E-state index contributed by atoms with van der Waals surface area (Å²) in [4.78, 5) is 13.5. The molecule has 4 nitrogen and oxygen atoms in total. The van der Waals surface area contributed by atoms with Crippen molar-refractivity contribution in [3.63, 3.8) is 0 Å². The van der Waals surface area contributed by atoms with E-state index in [1.807, 2.05) is 7.05 Å². The van der Waals surface area contributed by atoms with Crippen molar-refractivity contribution >= 4 is 0 Å². The maximum atomic E-state index is 10.9. The van der Waals surface area contributed by atoms with Gasteiger partial charge in [-0.25, -0.2) is 4.79 Å². The molecule has 1 aromatic heterocycles. The fourth-order valence-electron chi connectivity index (χ4n) is 0.951. The molecule has 1 heterocycles. The molecule has 62 valence electrons. The van der Waals surface area contributed by atoms with Gasteiger partial charge in [0.25, 0.3) is 0 Å². The van der Waals surface area contributed by atoms with Gasteiger partial charge in [0.1, 0.15) is 0 Å². The Morgan fingerprint density at radius 3 is 3.09 bits per heavy atom. The molecule has 2 N–H and O–H groups in total. The fraction of sp³-hybridized carbons (Fsp3) is 0.571. The minimum absolute atomic E-state index is 0.0268. The van der Waals surface area contributed by atoms with Crippen molar-refractivity contribution in [1.82, 2.24) is 14.9 Å². The monoisotopic (exact) mass is 155 g/mol. The van der Waals surface area contributed by atoms with Gasteiger partial charge in [-0.15, -0.1) is 0 Å². The SMILES string of the molecule is CNCCCn1cc[nH]c1=O. The standard InChI is InChI=1S/C7H13N3O/c1-8-3-2-5-10-6-4-9-7(10)11/h4,6,8H,2-3,5H2,1H3,(H,9,11). The van der Waals surface area contributed by atoms with Crippen LogP contribution in [0.4, 0.5) is 0 Å². The minimum atomic E-state index is -0.0268. The lowest BCUT2D eigenvalue weighted by Gasteiger charge is -1.98. The van der Waals surface area contributed by atoms with Crippen LogP contribution in [-0.4, -0.2) is 23.1 Å². The Morgan fingerprint density at radius 2 is 2.55 bits per heavy atom. The van der Waals surface area contributed by atoms with E-state index >= 15 is 0 Å². The van der Waals surface area contributed by atoms with Crippen LogP contribution in [0.25, 0.3) is 0 Å². The lowest BCUT2D eigenvalue weighted by Crippen LogP contribution is -2.19. The number of hydrogen-bond acceptors (Lipinski definition) is 2. The van der Waals surface area contributed by atoms with Gasteiger partial charge in [0.05, 0.1) is 0 Å². The molecule has 0 amide bonds. The van der Waals surface area contributed by atoms with E-state index in [0.717, 1.165) is 19.5 Å². The highest BCUT2D eigenvalue weighted by molar-refractivity contribution is 4.75. The highest BCUT2D eigenvalue weighted by Crippen LogP contribution is 1.83. The lowest BCUT2D eigenvalue weighted by atomic mass is 10.4. The van der Waals surface area contributed by atoms with E-state index in [9.17, 15) is 4.79 Å². The number of rotatable bonds is 4. The average molecular weight is 155 g/mol. The first-order chi connectivity index (χ1) is 5.34. The van der Waals surface area contributed by atoms with Crippen LogP contribution in [0.1, 0.15) is 6.42 Å². The number of imidazole rings is 1. The second-order valence-electron chi connectivity index (χ2n) is 2.42. The molecule has 0 aromatic carbocycles. The van der Waals surface area contributed by atoms with Crippen LogP contribution in [0.3, 0.4) is 0 Å². The van der Waals surface area contributed by atoms with Gasteiger partial charge < -0.3 is 10.3 Å². The first-order valence-electron chi connectivity index (χ1n) is 3.73. The molecule has 0 aliphatic carbocycles. The Balaban J connectivity index is 2.39. The molecule has 11 heavy (non-hydrogen) atoms. The quantitative estimate of drug-likeness (QED) is 0.591. The Labute approximate surface area is 65.2 Å². The first kappa shape index (κ1) is 8.07. The number of nitrogens with one attached hydrogen (secondary N) is 2. The van der Waals surface area contributed by atoms with Gasteiger partial charge in [0.15, 0.2) is 0 Å². The molecule has 4 heteroatoms. The molecule has 0 saturated carbocycles. The van der Waals surface area contributed by atoms with Crippen LogP contribution in [0.5, 0.6) is 0 Å². The van der Waals surface area contributed by atoms with E-state index in [1.54, 1.807) is 17.0 Å². The van der Waals surface area contributed by atoms with Crippen molar-refractivity contribution in [2.75, 3.05) is 13.6 Å². The third kappa shape index (κ3) is 2.23. The van der Waals surface area contributed by atoms with Crippen LogP contribution in [-0.2, 0) is 6.54 Å². The van der Waals surface area contributed by atoms with Crippen LogP contribution < -0.4 is 11.0 Å². The molecule has 0 fully saturated rings. The maximum absolute atomic E-state index is 10.9. The van der Waals surface area contributed by atoms with Gasteiger partial charge in [0.2, 0.25) is 0 Å². The van der Waals surface area contributed by atoms with Gasteiger partial charge in [-0.05, 0) is 20.0 Å². The molecule has 0 spiro atoms.